The first-order valence-corrected chi connectivity index (χ1v) is 6.01. The highest BCUT2D eigenvalue weighted by Gasteiger charge is 2.53. The third-order valence-corrected chi connectivity index (χ3v) is 3.74. The van der Waals surface area contributed by atoms with E-state index in [0.29, 0.717) is 0 Å². The minimum absolute atomic E-state index is 0.156. The Morgan fingerprint density at radius 1 is 1.21 bits per heavy atom. The van der Waals surface area contributed by atoms with Crippen LogP contribution >= 0.6 is 0 Å². The number of hydrogen-bond donors (Lipinski definition) is 1. The normalized spacial score (nSPS) is 21.1. The van der Waals surface area contributed by atoms with Gasteiger partial charge in [0.25, 0.3) is 6.43 Å². The number of pyridine rings is 1. The summed E-state index contributed by atoms with van der Waals surface area (Å²) < 4.78 is 37.2. The summed E-state index contributed by atoms with van der Waals surface area (Å²) in [6, 6.07) is 1.19. The van der Waals surface area contributed by atoms with E-state index in [1.54, 1.807) is 27.7 Å². The summed E-state index contributed by atoms with van der Waals surface area (Å²) in [4.78, 5) is 14.2. The third kappa shape index (κ3) is 2.32. The molecule has 0 amide bonds. The van der Waals surface area contributed by atoms with Gasteiger partial charge in [-0.15, -0.1) is 0 Å². The molecule has 7 heteroatoms. The van der Waals surface area contributed by atoms with E-state index in [0.717, 1.165) is 0 Å². The van der Waals surface area contributed by atoms with Crippen LogP contribution in [0.2, 0.25) is 0 Å². The number of aromatic amines is 1. The fourth-order valence-electron chi connectivity index (χ4n) is 1.89. The molecule has 0 aromatic carbocycles. The van der Waals surface area contributed by atoms with Crippen LogP contribution in [0.3, 0.4) is 0 Å². The van der Waals surface area contributed by atoms with E-state index >= 15 is 0 Å². The maximum atomic E-state index is 13.0. The zero-order chi connectivity index (χ0) is 14.4. The summed E-state index contributed by atoms with van der Waals surface area (Å²) in [6.45, 7) is 7.19. The molecule has 0 unspecified atom stereocenters. The SMILES string of the molecule is CC1(C)OB(c2c(C(F)F)[nH]ccc2=O)OC1(C)C. The van der Waals surface area contributed by atoms with Crippen molar-refractivity contribution >= 4 is 12.6 Å². The summed E-state index contributed by atoms with van der Waals surface area (Å²) in [7, 11) is -1.08. The molecule has 0 radical (unpaired) electrons. The Labute approximate surface area is 110 Å². The van der Waals surface area contributed by atoms with E-state index in [-0.39, 0.29) is 5.46 Å². The van der Waals surface area contributed by atoms with Crippen LogP contribution in [0, 0.1) is 0 Å². The average molecular weight is 271 g/mol. The summed E-state index contributed by atoms with van der Waals surface area (Å²) in [5.74, 6) is 0. The zero-order valence-electron chi connectivity index (χ0n) is 11.3. The van der Waals surface area contributed by atoms with E-state index in [1.807, 2.05) is 0 Å². The fraction of sp³-hybridized carbons (Fsp3) is 0.583. The van der Waals surface area contributed by atoms with Crippen LogP contribution in [0.25, 0.3) is 0 Å². The number of alkyl halides is 2. The van der Waals surface area contributed by atoms with Crippen LogP contribution in [0.4, 0.5) is 8.78 Å². The van der Waals surface area contributed by atoms with Gasteiger partial charge < -0.3 is 14.3 Å². The molecule has 1 aromatic heterocycles. The van der Waals surface area contributed by atoms with Gasteiger partial charge in [0.2, 0.25) is 0 Å². The highest BCUT2D eigenvalue weighted by atomic mass is 19.3. The average Bonchev–Trinajstić information content (AvgIpc) is 2.47. The van der Waals surface area contributed by atoms with Crippen LogP contribution < -0.4 is 10.9 Å². The van der Waals surface area contributed by atoms with Crippen molar-refractivity contribution < 1.29 is 18.1 Å². The van der Waals surface area contributed by atoms with Gasteiger partial charge in [0, 0.05) is 12.3 Å². The third-order valence-electron chi connectivity index (χ3n) is 3.74. The molecule has 0 saturated carbocycles. The first-order valence-electron chi connectivity index (χ1n) is 6.01. The zero-order valence-corrected chi connectivity index (χ0v) is 11.3. The Morgan fingerprint density at radius 3 is 2.21 bits per heavy atom. The molecular formula is C12H16BF2NO3. The summed E-state index contributed by atoms with van der Waals surface area (Å²) in [6.07, 6.45) is -1.60. The molecule has 19 heavy (non-hydrogen) atoms. The van der Waals surface area contributed by atoms with Crippen molar-refractivity contribution in [2.24, 2.45) is 0 Å². The monoisotopic (exact) mass is 271 g/mol. The number of H-pyrrole nitrogens is 1. The molecule has 4 nitrogen and oxygen atoms in total. The smallest absolute Gasteiger partial charge is 0.399 e. The largest absolute Gasteiger partial charge is 0.500 e. The molecule has 1 N–H and O–H groups in total. The molecule has 1 fully saturated rings. The molecule has 1 saturated heterocycles. The van der Waals surface area contributed by atoms with Crippen molar-refractivity contribution in [3.05, 3.63) is 28.2 Å². The number of hydrogen-bond acceptors (Lipinski definition) is 3. The van der Waals surface area contributed by atoms with Gasteiger partial charge >= 0.3 is 7.12 Å². The molecule has 104 valence electrons. The maximum absolute atomic E-state index is 13.0. The van der Waals surface area contributed by atoms with Crippen molar-refractivity contribution in [2.75, 3.05) is 0 Å². The lowest BCUT2D eigenvalue weighted by molar-refractivity contribution is 0.00578. The lowest BCUT2D eigenvalue weighted by atomic mass is 9.77. The lowest BCUT2D eigenvalue weighted by Crippen LogP contribution is -2.46. The molecule has 0 atom stereocenters. The van der Waals surface area contributed by atoms with Crippen molar-refractivity contribution in [3.63, 3.8) is 0 Å². The lowest BCUT2D eigenvalue weighted by Gasteiger charge is -2.32. The van der Waals surface area contributed by atoms with Crippen LogP contribution in [0.1, 0.15) is 39.8 Å². The van der Waals surface area contributed by atoms with E-state index in [2.05, 4.69) is 4.98 Å². The summed E-state index contributed by atoms with van der Waals surface area (Å²) >= 11 is 0. The molecule has 2 heterocycles. The number of rotatable bonds is 2. The predicted molar refractivity (Wildman–Crippen MR) is 67.7 cm³/mol. The molecule has 2 rings (SSSR count). The van der Waals surface area contributed by atoms with Gasteiger partial charge in [0.05, 0.1) is 22.4 Å². The predicted octanol–water partition coefficient (Wildman–Crippen LogP) is 1.61. The van der Waals surface area contributed by atoms with Crippen LogP contribution in [0.15, 0.2) is 17.1 Å². The molecule has 1 aliphatic rings. The maximum Gasteiger partial charge on any atom is 0.500 e. The minimum atomic E-state index is -2.79. The molecule has 1 aliphatic heterocycles. The van der Waals surface area contributed by atoms with Gasteiger partial charge in [-0.3, -0.25) is 4.79 Å². The number of nitrogens with one attached hydrogen (secondary N) is 1. The van der Waals surface area contributed by atoms with Gasteiger partial charge in [-0.2, -0.15) is 0 Å². The molecule has 0 bridgehead atoms. The Morgan fingerprint density at radius 2 is 1.74 bits per heavy atom. The van der Waals surface area contributed by atoms with E-state index in [9.17, 15) is 13.6 Å². The van der Waals surface area contributed by atoms with Crippen LogP contribution in [0.5, 0.6) is 0 Å². The van der Waals surface area contributed by atoms with E-state index in [4.69, 9.17) is 9.31 Å². The van der Waals surface area contributed by atoms with Crippen molar-refractivity contribution in [2.45, 2.75) is 45.3 Å². The second-order valence-electron chi connectivity index (χ2n) is 5.56. The Bertz CT molecular complexity index is 526. The highest BCUT2D eigenvalue weighted by Crippen LogP contribution is 2.36. The van der Waals surface area contributed by atoms with Crippen molar-refractivity contribution in [1.82, 2.24) is 4.98 Å². The van der Waals surface area contributed by atoms with Gasteiger partial charge in [-0.1, -0.05) is 0 Å². The molecule has 1 aromatic rings. The van der Waals surface area contributed by atoms with E-state index < -0.39 is 35.9 Å². The van der Waals surface area contributed by atoms with Gasteiger partial charge in [0.1, 0.15) is 0 Å². The Hall–Kier alpha value is -1.21. The second kappa shape index (κ2) is 4.42. The first-order chi connectivity index (χ1) is 8.66. The number of aromatic nitrogens is 1. The molecule has 0 spiro atoms. The van der Waals surface area contributed by atoms with Gasteiger partial charge in [-0.25, -0.2) is 8.78 Å². The standard InChI is InChI=1S/C12H16BF2NO3/c1-11(2)12(3,4)19-13(18-11)8-7(17)5-6-16-9(8)10(14)15/h5-6,10H,1-4H3,(H,16,17). The van der Waals surface area contributed by atoms with Crippen molar-refractivity contribution in [1.29, 1.82) is 0 Å². The quantitative estimate of drug-likeness (QED) is 0.831. The summed E-state index contributed by atoms with van der Waals surface area (Å²) in [5.41, 5.74) is -2.49. The Kier molecular flexibility index (Phi) is 3.30. The van der Waals surface area contributed by atoms with E-state index in [1.165, 1.54) is 12.3 Å². The second-order valence-corrected chi connectivity index (χ2v) is 5.56. The fourth-order valence-corrected chi connectivity index (χ4v) is 1.89. The molecular weight excluding hydrogens is 255 g/mol. The Balaban J connectivity index is 2.48. The molecule has 0 aliphatic carbocycles. The minimum Gasteiger partial charge on any atom is -0.399 e. The number of halogens is 2. The van der Waals surface area contributed by atoms with Crippen molar-refractivity contribution in [3.8, 4) is 0 Å². The highest BCUT2D eigenvalue weighted by molar-refractivity contribution is 6.62. The summed E-state index contributed by atoms with van der Waals surface area (Å²) in [5, 5.41) is 0. The van der Waals surface area contributed by atoms with Gasteiger partial charge in [-0.05, 0) is 27.7 Å². The van der Waals surface area contributed by atoms with Crippen LogP contribution in [-0.2, 0) is 9.31 Å². The van der Waals surface area contributed by atoms with Crippen LogP contribution in [-0.4, -0.2) is 23.3 Å². The van der Waals surface area contributed by atoms with Gasteiger partial charge in [0.15, 0.2) is 5.43 Å². The topological polar surface area (TPSA) is 51.3 Å². The first kappa shape index (κ1) is 14.2.